The average molecular weight is 382 g/mol. The van der Waals surface area contributed by atoms with Crippen LogP contribution in [-0.2, 0) is 0 Å². The molecule has 3 N–H and O–H groups in total. The second-order valence-corrected chi connectivity index (χ2v) is 8.27. The predicted octanol–water partition coefficient (Wildman–Crippen LogP) is 6.00. The van der Waals surface area contributed by atoms with Crippen molar-refractivity contribution in [1.82, 2.24) is 0 Å². The summed E-state index contributed by atoms with van der Waals surface area (Å²) in [5.74, 6) is 0.915. The van der Waals surface area contributed by atoms with E-state index in [2.05, 4.69) is 44.3 Å². The van der Waals surface area contributed by atoms with Gasteiger partial charge < -0.3 is 20.2 Å². The fraction of sp³-hybridized carbons (Fsp3) is 0.160. The summed E-state index contributed by atoms with van der Waals surface area (Å²) in [6.45, 7) is 6.41. The summed E-state index contributed by atoms with van der Waals surface area (Å²) in [5.41, 5.74) is 6.93. The lowest BCUT2D eigenvalue weighted by molar-refractivity contribution is 0.475. The number of aromatic hydroxyl groups is 1. The van der Waals surface area contributed by atoms with E-state index in [0.29, 0.717) is 11.1 Å². The lowest BCUT2D eigenvalue weighted by Gasteiger charge is -2.32. The predicted molar refractivity (Wildman–Crippen MR) is 117 cm³/mol. The molecule has 0 spiro atoms. The van der Waals surface area contributed by atoms with Crippen LogP contribution in [0.4, 0.5) is 5.69 Å². The van der Waals surface area contributed by atoms with Crippen LogP contribution in [0.2, 0.25) is 0 Å². The minimum Gasteiger partial charge on any atom is -0.508 e. The Morgan fingerprint density at radius 3 is 2.48 bits per heavy atom. The van der Waals surface area contributed by atoms with Crippen LogP contribution in [0.15, 0.2) is 65.1 Å². The molecule has 1 aliphatic carbocycles. The maximum Gasteiger partial charge on any atom is 0.144 e. The first-order valence-corrected chi connectivity index (χ1v) is 9.68. The zero-order valence-electron chi connectivity index (χ0n) is 16.6. The molecule has 0 aromatic heterocycles. The van der Waals surface area contributed by atoms with Gasteiger partial charge >= 0.3 is 0 Å². The highest BCUT2D eigenvalue weighted by molar-refractivity contribution is 6.07. The van der Waals surface area contributed by atoms with Crippen molar-refractivity contribution in [2.45, 2.75) is 26.3 Å². The molecule has 0 saturated heterocycles. The maximum absolute atomic E-state index is 9.75. The number of fused-ring (bicyclic) bond motifs is 4. The largest absolute Gasteiger partial charge is 0.508 e. The third-order valence-electron chi connectivity index (χ3n) is 5.47. The molecule has 2 aromatic carbocycles. The molecule has 0 fully saturated rings. The van der Waals surface area contributed by atoms with Gasteiger partial charge in [-0.3, -0.25) is 0 Å². The van der Waals surface area contributed by atoms with E-state index in [1.54, 1.807) is 24.3 Å². The first-order valence-electron chi connectivity index (χ1n) is 9.68. The van der Waals surface area contributed by atoms with Crippen LogP contribution in [0.25, 0.3) is 39.0 Å². The highest BCUT2D eigenvalue weighted by atomic mass is 16.3. The van der Waals surface area contributed by atoms with Crippen LogP contribution >= 0.6 is 0 Å². The molecule has 0 unspecified atom stereocenters. The summed E-state index contributed by atoms with van der Waals surface area (Å²) >= 11 is 0. The zero-order chi connectivity index (χ0) is 20.3. The monoisotopic (exact) mass is 382 g/mol. The molecule has 2 heterocycles. The third kappa shape index (κ3) is 2.80. The molecule has 144 valence electrons. The van der Waals surface area contributed by atoms with E-state index >= 15 is 0 Å². The van der Waals surface area contributed by atoms with Gasteiger partial charge in [0.1, 0.15) is 17.1 Å². The number of benzene rings is 3. The Balaban J connectivity index is 1.94. The van der Waals surface area contributed by atoms with Gasteiger partial charge in [0.2, 0.25) is 0 Å². The first kappa shape index (κ1) is 17.6. The normalized spacial score (nSPS) is 15.1. The van der Waals surface area contributed by atoms with Crippen LogP contribution in [0.5, 0.6) is 5.75 Å². The lowest BCUT2D eigenvalue weighted by Crippen LogP contribution is -2.31. The number of nitrogens with one attached hydrogen (secondary N) is 2. The van der Waals surface area contributed by atoms with Crippen LogP contribution in [0.3, 0.4) is 0 Å². The van der Waals surface area contributed by atoms with E-state index < -0.39 is 0 Å². The van der Waals surface area contributed by atoms with E-state index in [-0.39, 0.29) is 11.3 Å². The molecule has 0 radical (unpaired) electrons. The standard InChI is InChI=1S/C25H22N2O2/c1-14-13-25(2,3)27-20-11-10-19-23(15-4-7-17(28)8-5-15)18-9-6-16(26)12-21(18)29-24(19)22(14)20/h4-13,26-28H,1-3H3. The second-order valence-electron chi connectivity index (χ2n) is 8.27. The number of phenolic OH excluding ortho intramolecular Hbond substituents is 1. The summed E-state index contributed by atoms with van der Waals surface area (Å²) in [4.78, 5) is 0. The van der Waals surface area contributed by atoms with E-state index in [4.69, 9.17) is 9.83 Å². The van der Waals surface area contributed by atoms with Crippen molar-refractivity contribution >= 4 is 22.2 Å². The van der Waals surface area contributed by atoms with Gasteiger partial charge in [-0.15, -0.1) is 0 Å². The van der Waals surface area contributed by atoms with Crippen LogP contribution in [0, 0.1) is 5.41 Å². The van der Waals surface area contributed by atoms with E-state index in [1.165, 1.54) is 0 Å². The van der Waals surface area contributed by atoms with Gasteiger partial charge in [-0.1, -0.05) is 18.2 Å². The Morgan fingerprint density at radius 2 is 1.72 bits per heavy atom. The summed E-state index contributed by atoms with van der Waals surface area (Å²) in [5, 5.41) is 22.8. The Bertz CT molecular complexity index is 1330. The lowest BCUT2D eigenvalue weighted by atomic mass is 9.87. The highest BCUT2D eigenvalue weighted by Crippen LogP contribution is 2.45. The number of hydrogen-bond donors (Lipinski definition) is 3. The van der Waals surface area contributed by atoms with Gasteiger partial charge in [0.05, 0.1) is 10.9 Å². The number of anilines is 1. The van der Waals surface area contributed by atoms with Gasteiger partial charge in [-0.25, -0.2) is 0 Å². The molecule has 4 nitrogen and oxygen atoms in total. The summed E-state index contributed by atoms with van der Waals surface area (Å²) in [6.07, 6.45) is 2.22. The molecule has 0 amide bonds. The quantitative estimate of drug-likeness (QED) is 0.354. The molecular weight excluding hydrogens is 360 g/mol. The summed E-state index contributed by atoms with van der Waals surface area (Å²) in [7, 11) is 0. The Morgan fingerprint density at radius 1 is 0.966 bits per heavy atom. The maximum atomic E-state index is 9.75. The van der Waals surface area contributed by atoms with Crippen molar-refractivity contribution in [3.8, 4) is 28.2 Å². The second kappa shape index (κ2) is 5.98. The summed E-state index contributed by atoms with van der Waals surface area (Å²) < 4.78 is 6.40. The minimum atomic E-state index is -0.129. The molecule has 4 heteroatoms. The van der Waals surface area contributed by atoms with Gasteiger partial charge in [-0.05, 0) is 68.3 Å². The van der Waals surface area contributed by atoms with Crippen LogP contribution in [0.1, 0.15) is 26.3 Å². The van der Waals surface area contributed by atoms with Gasteiger partial charge in [0, 0.05) is 33.8 Å². The van der Waals surface area contributed by atoms with E-state index in [1.807, 2.05) is 18.2 Å². The zero-order valence-corrected chi connectivity index (χ0v) is 16.6. The van der Waals surface area contributed by atoms with Gasteiger partial charge in [-0.2, -0.15) is 0 Å². The van der Waals surface area contributed by atoms with Crippen molar-refractivity contribution in [1.29, 1.82) is 5.41 Å². The van der Waals surface area contributed by atoms with E-state index in [0.717, 1.165) is 44.5 Å². The van der Waals surface area contributed by atoms with Gasteiger partial charge in [0.25, 0.3) is 0 Å². The van der Waals surface area contributed by atoms with Gasteiger partial charge in [0.15, 0.2) is 0 Å². The highest BCUT2D eigenvalue weighted by Gasteiger charge is 2.27. The fourth-order valence-electron chi connectivity index (χ4n) is 4.39. The van der Waals surface area contributed by atoms with Crippen molar-refractivity contribution < 1.29 is 9.52 Å². The molecule has 0 atom stereocenters. The van der Waals surface area contributed by atoms with Crippen molar-refractivity contribution in [3.63, 3.8) is 0 Å². The van der Waals surface area contributed by atoms with Crippen LogP contribution < -0.4 is 10.7 Å². The SMILES string of the molecule is CC1=CC(C)(C)Nc2ccc3c(-c4ccc(O)cc4)c4ccc(=N)cc-4oc3c21. The molecular formula is C25H22N2O2. The van der Waals surface area contributed by atoms with Crippen molar-refractivity contribution in [2.75, 3.05) is 5.32 Å². The van der Waals surface area contributed by atoms with Crippen molar-refractivity contribution in [2.24, 2.45) is 0 Å². The number of hydrogen-bond acceptors (Lipinski definition) is 4. The number of allylic oxidation sites excluding steroid dienone is 1. The molecule has 2 aliphatic heterocycles. The Labute approximate surface area is 169 Å². The number of phenols is 1. The fourth-order valence-corrected chi connectivity index (χ4v) is 4.39. The van der Waals surface area contributed by atoms with E-state index in [9.17, 15) is 5.11 Å². The minimum absolute atomic E-state index is 0.129. The number of rotatable bonds is 1. The molecule has 5 rings (SSSR count). The smallest absolute Gasteiger partial charge is 0.144 e. The molecule has 29 heavy (non-hydrogen) atoms. The average Bonchev–Trinajstić information content (AvgIpc) is 2.65. The topological polar surface area (TPSA) is 69.2 Å². The molecule has 3 aliphatic rings. The third-order valence-corrected chi connectivity index (χ3v) is 5.47. The molecule has 2 aromatic rings. The Kier molecular flexibility index (Phi) is 3.62. The molecule has 0 bridgehead atoms. The van der Waals surface area contributed by atoms with Crippen LogP contribution in [-0.4, -0.2) is 10.6 Å². The first-order chi connectivity index (χ1) is 13.8. The van der Waals surface area contributed by atoms with Crippen molar-refractivity contribution in [3.05, 3.63) is 71.6 Å². The summed E-state index contributed by atoms with van der Waals surface area (Å²) in [6, 6.07) is 16.9. The molecule has 0 saturated carbocycles. The Hall–Kier alpha value is -3.53.